The molecule has 0 amide bonds. The predicted octanol–water partition coefficient (Wildman–Crippen LogP) is 4.59. The van der Waals surface area contributed by atoms with Gasteiger partial charge >= 0.3 is 5.97 Å². The molecule has 0 unspecified atom stereocenters. The van der Waals surface area contributed by atoms with Crippen molar-refractivity contribution >= 4 is 17.0 Å². The number of aliphatic hydroxyl groups is 1. The second-order valence-corrected chi connectivity index (χ2v) is 8.56. The average Bonchev–Trinajstić information content (AvgIpc) is 3.22. The molecule has 4 rings (SSSR count). The minimum atomic E-state index is -0.448. The van der Waals surface area contributed by atoms with Crippen molar-refractivity contribution in [1.82, 2.24) is 15.0 Å². The van der Waals surface area contributed by atoms with Crippen LogP contribution in [0.25, 0.3) is 11.0 Å². The molecular weight excluding hydrogens is 414 g/mol. The van der Waals surface area contributed by atoms with Crippen LogP contribution < -0.4 is 0 Å². The van der Waals surface area contributed by atoms with Gasteiger partial charge in [-0.05, 0) is 53.3 Å². The Labute approximate surface area is 193 Å². The van der Waals surface area contributed by atoms with Crippen molar-refractivity contribution < 1.29 is 14.6 Å². The van der Waals surface area contributed by atoms with E-state index in [1.165, 1.54) is 0 Å². The maximum absolute atomic E-state index is 13.2. The van der Waals surface area contributed by atoms with Gasteiger partial charge in [0, 0.05) is 13.0 Å². The molecule has 0 fully saturated rings. The topological polar surface area (TPSA) is 77.2 Å². The standard InChI is InChI=1S/C27H29N3O3/c1-17-10-11-21(14-22(17)15-31)25(19(3)27(32)33-16-20-8-6-5-7-9-20)23-12-13-24-26(18(23)2)28-29-30(24)4/h5-14,19,25,31H,15-16H2,1-4H3/t19-,25+/m1/s1. The summed E-state index contributed by atoms with van der Waals surface area (Å²) in [5, 5.41) is 18.3. The van der Waals surface area contributed by atoms with Crippen molar-refractivity contribution in [3.63, 3.8) is 0 Å². The second kappa shape index (κ2) is 9.55. The Morgan fingerprint density at radius 2 is 1.85 bits per heavy atom. The van der Waals surface area contributed by atoms with Crippen LogP contribution in [0.2, 0.25) is 0 Å². The van der Waals surface area contributed by atoms with E-state index in [1.54, 1.807) is 4.68 Å². The smallest absolute Gasteiger partial charge is 0.309 e. The molecule has 1 heterocycles. The van der Waals surface area contributed by atoms with Gasteiger partial charge in [0.15, 0.2) is 0 Å². The normalized spacial score (nSPS) is 13.1. The monoisotopic (exact) mass is 443 g/mol. The summed E-state index contributed by atoms with van der Waals surface area (Å²) in [6.45, 7) is 6.06. The third-order valence-electron chi connectivity index (χ3n) is 6.41. The first kappa shape index (κ1) is 22.7. The van der Waals surface area contributed by atoms with E-state index in [4.69, 9.17) is 4.74 Å². The molecule has 0 bridgehead atoms. The first-order valence-electron chi connectivity index (χ1n) is 11.1. The van der Waals surface area contributed by atoms with Crippen molar-refractivity contribution in [2.75, 3.05) is 0 Å². The van der Waals surface area contributed by atoms with Gasteiger partial charge in [-0.2, -0.15) is 0 Å². The molecular formula is C27H29N3O3. The first-order valence-corrected chi connectivity index (χ1v) is 11.1. The summed E-state index contributed by atoms with van der Waals surface area (Å²) in [7, 11) is 1.86. The number of fused-ring (bicyclic) bond motifs is 1. The zero-order valence-corrected chi connectivity index (χ0v) is 19.4. The third kappa shape index (κ3) is 4.52. The highest BCUT2D eigenvalue weighted by Crippen LogP contribution is 2.37. The van der Waals surface area contributed by atoms with Gasteiger partial charge in [0.25, 0.3) is 0 Å². The zero-order valence-electron chi connectivity index (χ0n) is 19.4. The number of aromatic nitrogens is 3. The molecule has 4 aromatic rings. The number of benzene rings is 3. The SMILES string of the molecule is Cc1ccc([C@@H](c2ccc3c(nnn3C)c2C)[C@@H](C)C(=O)OCc2ccccc2)cc1CO. The van der Waals surface area contributed by atoms with Crippen LogP contribution in [0.1, 0.15) is 46.2 Å². The van der Waals surface area contributed by atoms with Crippen LogP contribution >= 0.6 is 0 Å². The van der Waals surface area contributed by atoms with E-state index in [0.717, 1.165) is 44.4 Å². The van der Waals surface area contributed by atoms with Gasteiger partial charge < -0.3 is 9.84 Å². The summed E-state index contributed by atoms with van der Waals surface area (Å²) in [5.74, 6) is -0.977. The molecule has 33 heavy (non-hydrogen) atoms. The van der Waals surface area contributed by atoms with Crippen LogP contribution in [0.4, 0.5) is 0 Å². The summed E-state index contributed by atoms with van der Waals surface area (Å²) in [5.41, 5.74) is 7.51. The largest absolute Gasteiger partial charge is 0.461 e. The van der Waals surface area contributed by atoms with Crippen LogP contribution in [0, 0.1) is 19.8 Å². The van der Waals surface area contributed by atoms with Gasteiger partial charge in [-0.25, -0.2) is 4.68 Å². The Morgan fingerprint density at radius 1 is 1.09 bits per heavy atom. The lowest BCUT2D eigenvalue weighted by Crippen LogP contribution is -2.24. The van der Waals surface area contributed by atoms with E-state index in [-0.39, 0.29) is 25.1 Å². The molecule has 6 heteroatoms. The van der Waals surface area contributed by atoms with E-state index in [9.17, 15) is 9.90 Å². The van der Waals surface area contributed by atoms with Crippen molar-refractivity contribution in [2.45, 2.75) is 39.9 Å². The Balaban J connectivity index is 1.74. The summed E-state index contributed by atoms with van der Waals surface area (Å²) in [6.07, 6.45) is 0. The summed E-state index contributed by atoms with van der Waals surface area (Å²) in [4.78, 5) is 13.2. The fourth-order valence-corrected chi connectivity index (χ4v) is 4.37. The van der Waals surface area contributed by atoms with Gasteiger partial charge in [0.2, 0.25) is 0 Å². The van der Waals surface area contributed by atoms with E-state index < -0.39 is 5.92 Å². The van der Waals surface area contributed by atoms with Crippen molar-refractivity contribution in [3.8, 4) is 0 Å². The molecule has 2 atom stereocenters. The summed E-state index contributed by atoms with van der Waals surface area (Å²) >= 11 is 0. The van der Waals surface area contributed by atoms with Crippen LogP contribution in [-0.2, 0) is 29.8 Å². The number of ether oxygens (including phenoxy) is 1. The molecule has 0 spiro atoms. The Bertz CT molecular complexity index is 1280. The molecule has 3 aromatic carbocycles. The predicted molar refractivity (Wildman–Crippen MR) is 128 cm³/mol. The number of esters is 1. The van der Waals surface area contributed by atoms with Crippen LogP contribution in [-0.4, -0.2) is 26.1 Å². The highest BCUT2D eigenvalue weighted by molar-refractivity contribution is 5.81. The minimum Gasteiger partial charge on any atom is -0.461 e. The maximum atomic E-state index is 13.2. The lowest BCUT2D eigenvalue weighted by Gasteiger charge is -2.26. The van der Waals surface area contributed by atoms with E-state index in [2.05, 4.69) is 10.3 Å². The fourth-order valence-electron chi connectivity index (χ4n) is 4.37. The Kier molecular flexibility index (Phi) is 6.56. The first-order chi connectivity index (χ1) is 15.9. The van der Waals surface area contributed by atoms with Gasteiger partial charge in [0.1, 0.15) is 12.1 Å². The fraction of sp³-hybridized carbons (Fsp3) is 0.296. The maximum Gasteiger partial charge on any atom is 0.309 e. The third-order valence-corrected chi connectivity index (χ3v) is 6.41. The van der Waals surface area contributed by atoms with Crippen LogP contribution in [0.5, 0.6) is 0 Å². The Morgan fingerprint density at radius 3 is 2.58 bits per heavy atom. The average molecular weight is 444 g/mol. The van der Waals surface area contributed by atoms with Crippen molar-refractivity contribution in [2.24, 2.45) is 13.0 Å². The molecule has 170 valence electrons. The number of carbonyl (C=O) groups is 1. The molecule has 0 aliphatic rings. The number of aliphatic hydroxyl groups excluding tert-OH is 1. The van der Waals surface area contributed by atoms with Crippen molar-refractivity contribution in [1.29, 1.82) is 0 Å². The van der Waals surface area contributed by atoms with E-state index >= 15 is 0 Å². The van der Waals surface area contributed by atoms with Gasteiger partial charge in [-0.1, -0.05) is 66.7 Å². The lowest BCUT2D eigenvalue weighted by atomic mass is 9.79. The number of hydrogen-bond donors (Lipinski definition) is 1. The lowest BCUT2D eigenvalue weighted by molar-refractivity contribution is -0.149. The molecule has 0 radical (unpaired) electrons. The van der Waals surface area contributed by atoms with Crippen LogP contribution in [0.15, 0.2) is 60.7 Å². The molecule has 0 aliphatic carbocycles. The molecule has 0 saturated heterocycles. The number of carbonyl (C=O) groups excluding carboxylic acids is 1. The molecule has 0 saturated carbocycles. The van der Waals surface area contributed by atoms with Crippen molar-refractivity contribution in [3.05, 3.63) is 94.0 Å². The molecule has 0 aliphatic heterocycles. The zero-order chi connectivity index (χ0) is 23.5. The van der Waals surface area contributed by atoms with E-state index in [1.807, 2.05) is 88.5 Å². The summed E-state index contributed by atoms with van der Waals surface area (Å²) in [6, 6.07) is 19.7. The Hall–Kier alpha value is -3.51. The van der Waals surface area contributed by atoms with Gasteiger partial charge in [-0.3, -0.25) is 4.79 Å². The number of aryl methyl sites for hydroxylation is 3. The number of nitrogens with zero attached hydrogens (tertiary/aromatic N) is 3. The minimum absolute atomic E-state index is 0.0542. The molecule has 1 N–H and O–H groups in total. The summed E-state index contributed by atoms with van der Waals surface area (Å²) < 4.78 is 7.45. The van der Waals surface area contributed by atoms with Gasteiger partial charge in [-0.15, -0.1) is 5.10 Å². The number of rotatable bonds is 7. The molecule has 1 aromatic heterocycles. The highest BCUT2D eigenvalue weighted by atomic mass is 16.5. The molecule has 6 nitrogen and oxygen atoms in total. The number of hydrogen-bond acceptors (Lipinski definition) is 5. The highest BCUT2D eigenvalue weighted by Gasteiger charge is 2.31. The quantitative estimate of drug-likeness (QED) is 0.423. The van der Waals surface area contributed by atoms with E-state index in [0.29, 0.717) is 0 Å². The second-order valence-electron chi connectivity index (χ2n) is 8.56. The van der Waals surface area contributed by atoms with Gasteiger partial charge in [0.05, 0.1) is 18.0 Å². The van der Waals surface area contributed by atoms with Crippen LogP contribution in [0.3, 0.4) is 0 Å².